The molecule has 0 spiro atoms. The van der Waals surface area contributed by atoms with E-state index in [4.69, 9.17) is 4.74 Å². The van der Waals surface area contributed by atoms with Crippen molar-refractivity contribution < 1.29 is 17.9 Å². The molecule has 1 heterocycles. The number of halogens is 3. The molecule has 0 fully saturated rings. The van der Waals surface area contributed by atoms with Gasteiger partial charge in [-0.1, -0.05) is 13.8 Å². The maximum Gasteiger partial charge on any atom is 0.220 e. The number of hydrogen-bond acceptors (Lipinski definition) is 2. The van der Waals surface area contributed by atoms with Gasteiger partial charge >= 0.3 is 0 Å². The van der Waals surface area contributed by atoms with Crippen molar-refractivity contribution in [3.8, 4) is 17.0 Å². The first-order valence-corrected chi connectivity index (χ1v) is 6.62. The highest BCUT2D eigenvalue weighted by molar-refractivity contribution is 5.72. The zero-order valence-corrected chi connectivity index (χ0v) is 12.4. The molecule has 0 radical (unpaired) electrons. The standard InChI is InChI=1S/C15H17F3N2O/c1-8(2)7-21-15-13(9(3)19-20(15)4)14-11(17)5-10(16)6-12(14)18/h5-6,8H,7H2,1-4H3. The van der Waals surface area contributed by atoms with E-state index in [0.717, 1.165) is 0 Å². The predicted molar refractivity (Wildman–Crippen MR) is 73.6 cm³/mol. The Bertz CT molecular complexity index is 642. The van der Waals surface area contributed by atoms with Gasteiger partial charge in [-0.3, -0.25) is 0 Å². The van der Waals surface area contributed by atoms with E-state index in [9.17, 15) is 13.2 Å². The van der Waals surface area contributed by atoms with Gasteiger partial charge in [0.1, 0.15) is 17.5 Å². The Morgan fingerprint density at radius 2 is 1.71 bits per heavy atom. The van der Waals surface area contributed by atoms with Crippen LogP contribution in [0.3, 0.4) is 0 Å². The van der Waals surface area contributed by atoms with Crippen molar-refractivity contribution in [1.29, 1.82) is 0 Å². The van der Waals surface area contributed by atoms with Gasteiger partial charge in [-0.15, -0.1) is 0 Å². The molecule has 2 rings (SSSR count). The minimum Gasteiger partial charge on any atom is -0.477 e. The molecular weight excluding hydrogens is 281 g/mol. The Kier molecular flexibility index (Phi) is 4.25. The van der Waals surface area contributed by atoms with Crippen molar-refractivity contribution in [2.75, 3.05) is 6.61 Å². The van der Waals surface area contributed by atoms with E-state index < -0.39 is 17.5 Å². The highest BCUT2D eigenvalue weighted by Crippen LogP contribution is 2.36. The maximum absolute atomic E-state index is 14.0. The molecule has 0 bridgehead atoms. The van der Waals surface area contributed by atoms with Gasteiger partial charge < -0.3 is 4.74 Å². The van der Waals surface area contributed by atoms with E-state index in [0.29, 0.717) is 24.4 Å². The number of ether oxygens (including phenoxy) is 1. The number of hydrogen-bond donors (Lipinski definition) is 0. The third-order valence-corrected chi connectivity index (χ3v) is 2.98. The lowest BCUT2D eigenvalue weighted by Crippen LogP contribution is -2.08. The monoisotopic (exact) mass is 298 g/mol. The van der Waals surface area contributed by atoms with Crippen molar-refractivity contribution in [2.45, 2.75) is 20.8 Å². The first kappa shape index (κ1) is 15.4. The Morgan fingerprint density at radius 1 is 1.14 bits per heavy atom. The molecule has 21 heavy (non-hydrogen) atoms. The van der Waals surface area contributed by atoms with Gasteiger partial charge in [0, 0.05) is 19.2 Å². The maximum atomic E-state index is 14.0. The highest BCUT2D eigenvalue weighted by atomic mass is 19.1. The SMILES string of the molecule is Cc1nn(C)c(OCC(C)C)c1-c1c(F)cc(F)cc1F. The van der Waals surface area contributed by atoms with E-state index in [2.05, 4.69) is 5.10 Å². The minimum absolute atomic E-state index is 0.216. The summed E-state index contributed by atoms with van der Waals surface area (Å²) in [6.45, 7) is 5.93. The van der Waals surface area contributed by atoms with Crippen LogP contribution in [0.15, 0.2) is 12.1 Å². The number of aryl methyl sites for hydroxylation is 2. The van der Waals surface area contributed by atoms with Crippen LogP contribution in [0.4, 0.5) is 13.2 Å². The average molecular weight is 298 g/mol. The first-order chi connectivity index (χ1) is 9.81. The summed E-state index contributed by atoms with van der Waals surface area (Å²) in [5.41, 5.74) is 0.314. The van der Waals surface area contributed by atoms with Gasteiger partial charge in [-0.05, 0) is 12.8 Å². The molecule has 1 aromatic carbocycles. The third-order valence-electron chi connectivity index (χ3n) is 2.98. The summed E-state index contributed by atoms with van der Waals surface area (Å²) in [7, 11) is 1.63. The van der Waals surface area contributed by atoms with Crippen LogP contribution >= 0.6 is 0 Å². The molecule has 114 valence electrons. The summed E-state index contributed by atoms with van der Waals surface area (Å²) in [5.74, 6) is -2.39. The van der Waals surface area contributed by atoms with E-state index in [1.165, 1.54) is 4.68 Å². The van der Waals surface area contributed by atoms with Crippen molar-refractivity contribution in [3.05, 3.63) is 35.3 Å². The lowest BCUT2D eigenvalue weighted by atomic mass is 10.0. The summed E-state index contributed by atoms with van der Waals surface area (Å²) in [4.78, 5) is 0. The molecule has 3 nitrogen and oxygen atoms in total. The van der Waals surface area contributed by atoms with Gasteiger partial charge in [-0.25, -0.2) is 17.9 Å². The second-order valence-electron chi connectivity index (χ2n) is 5.34. The molecule has 0 saturated heterocycles. The van der Waals surface area contributed by atoms with Crippen LogP contribution in [0.2, 0.25) is 0 Å². The largest absolute Gasteiger partial charge is 0.477 e. The Labute approximate surface area is 121 Å². The molecule has 6 heteroatoms. The highest BCUT2D eigenvalue weighted by Gasteiger charge is 2.24. The van der Waals surface area contributed by atoms with E-state index in [1.807, 2.05) is 13.8 Å². The molecule has 0 amide bonds. The summed E-state index contributed by atoms with van der Waals surface area (Å²) in [6.07, 6.45) is 0. The van der Waals surface area contributed by atoms with E-state index >= 15 is 0 Å². The zero-order chi connectivity index (χ0) is 15.7. The number of rotatable bonds is 4. The Balaban J connectivity index is 2.59. The van der Waals surface area contributed by atoms with Crippen molar-refractivity contribution in [2.24, 2.45) is 13.0 Å². The topological polar surface area (TPSA) is 27.1 Å². The first-order valence-electron chi connectivity index (χ1n) is 6.62. The van der Waals surface area contributed by atoms with Crippen molar-refractivity contribution in [1.82, 2.24) is 9.78 Å². The molecular formula is C15H17F3N2O. The van der Waals surface area contributed by atoms with Crippen LogP contribution in [0.25, 0.3) is 11.1 Å². The van der Waals surface area contributed by atoms with Crippen molar-refractivity contribution in [3.63, 3.8) is 0 Å². The summed E-state index contributed by atoms with van der Waals surface area (Å²) in [5, 5.41) is 4.13. The lowest BCUT2D eigenvalue weighted by Gasteiger charge is -2.12. The predicted octanol–water partition coefficient (Wildman–Crippen LogP) is 3.85. The number of benzene rings is 1. The van der Waals surface area contributed by atoms with Gasteiger partial charge in [0.25, 0.3) is 0 Å². The molecule has 0 N–H and O–H groups in total. The molecule has 1 aromatic heterocycles. The van der Waals surface area contributed by atoms with Gasteiger partial charge in [0.15, 0.2) is 0 Å². The fourth-order valence-electron chi connectivity index (χ4n) is 2.12. The van der Waals surface area contributed by atoms with Crippen LogP contribution in [-0.2, 0) is 7.05 Å². The fourth-order valence-corrected chi connectivity index (χ4v) is 2.12. The average Bonchev–Trinajstić information content (AvgIpc) is 2.61. The van der Waals surface area contributed by atoms with Gasteiger partial charge in [0.2, 0.25) is 5.88 Å². The summed E-state index contributed by atoms with van der Waals surface area (Å²) in [6, 6.07) is 1.30. The fraction of sp³-hybridized carbons (Fsp3) is 0.400. The molecule has 0 aliphatic heterocycles. The van der Waals surface area contributed by atoms with Crippen LogP contribution in [0.1, 0.15) is 19.5 Å². The smallest absolute Gasteiger partial charge is 0.220 e. The van der Waals surface area contributed by atoms with E-state index in [1.54, 1.807) is 14.0 Å². The van der Waals surface area contributed by atoms with Gasteiger partial charge in [0.05, 0.1) is 23.4 Å². The molecule has 0 unspecified atom stereocenters. The normalized spacial score (nSPS) is 11.2. The van der Waals surface area contributed by atoms with Crippen LogP contribution in [0, 0.1) is 30.3 Å². The quantitative estimate of drug-likeness (QED) is 0.857. The summed E-state index contributed by atoms with van der Waals surface area (Å²) < 4.78 is 48.1. The second-order valence-corrected chi connectivity index (χ2v) is 5.34. The lowest BCUT2D eigenvalue weighted by molar-refractivity contribution is 0.250. The van der Waals surface area contributed by atoms with Crippen LogP contribution < -0.4 is 4.74 Å². The molecule has 0 aliphatic carbocycles. The molecule has 0 aliphatic rings. The third kappa shape index (κ3) is 3.04. The second kappa shape index (κ2) is 5.79. The van der Waals surface area contributed by atoms with Crippen molar-refractivity contribution >= 4 is 0 Å². The van der Waals surface area contributed by atoms with Gasteiger partial charge in [-0.2, -0.15) is 5.10 Å². The molecule has 0 atom stereocenters. The number of aromatic nitrogens is 2. The zero-order valence-electron chi connectivity index (χ0n) is 12.4. The molecule has 0 saturated carbocycles. The van der Waals surface area contributed by atoms with Crippen LogP contribution in [-0.4, -0.2) is 16.4 Å². The molecule has 2 aromatic rings. The Morgan fingerprint density at radius 3 is 2.24 bits per heavy atom. The minimum atomic E-state index is -0.974. The summed E-state index contributed by atoms with van der Waals surface area (Å²) >= 11 is 0. The van der Waals surface area contributed by atoms with Crippen LogP contribution in [0.5, 0.6) is 5.88 Å². The Hall–Kier alpha value is -1.98. The number of nitrogens with zero attached hydrogens (tertiary/aromatic N) is 2. The van der Waals surface area contributed by atoms with E-state index in [-0.39, 0.29) is 22.9 Å².